The molecule has 1 aliphatic rings. The van der Waals surface area contributed by atoms with Crippen LogP contribution >= 0.6 is 0 Å². The molecule has 84 valence electrons. The number of amides is 1. The first-order chi connectivity index (χ1) is 7.02. The zero-order chi connectivity index (χ0) is 11.4. The van der Waals surface area contributed by atoms with Crippen molar-refractivity contribution in [1.82, 2.24) is 5.32 Å². The Morgan fingerprint density at radius 3 is 2.53 bits per heavy atom. The summed E-state index contributed by atoms with van der Waals surface area (Å²) in [4.78, 5) is 22.6. The molecule has 1 saturated heterocycles. The largest absolute Gasteiger partial charge is 0.480 e. The number of rotatable bonds is 4. The summed E-state index contributed by atoms with van der Waals surface area (Å²) in [6.07, 6.45) is 3.06. The lowest BCUT2D eigenvalue weighted by Gasteiger charge is -2.19. The maximum Gasteiger partial charge on any atom is 0.326 e. The maximum atomic E-state index is 11.7. The van der Waals surface area contributed by atoms with E-state index in [9.17, 15) is 9.59 Å². The Morgan fingerprint density at radius 1 is 1.47 bits per heavy atom. The standard InChI is InChI=1S/C10H18BNO3/c1-6(2)8(10(14)15)12-9(13)7-4-3-5-11-7/h6-8,11H,3-5H2,1-2H3,(H,12,13)(H,14,15)/t7-,8-/m0/s1. The minimum absolute atomic E-state index is 0.0330. The zero-order valence-electron chi connectivity index (χ0n) is 9.32. The second-order valence-corrected chi connectivity index (χ2v) is 4.55. The van der Waals surface area contributed by atoms with E-state index in [1.165, 1.54) is 0 Å². The molecule has 0 aliphatic carbocycles. The molecule has 1 fully saturated rings. The van der Waals surface area contributed by atoms with E-state index in [4.69, 9.17) is 5.11 Å². The number of carboxylic acid groups (broad SMARTS) is 1. The number of carboxylic acids is 1. The fourth-order valence-corrected chi connectivity index (χ4v) is 1.97. The third kappa shape index (κ3) is 3.25. The molecule has 0 spiro atoms. The van der Waals surface area contributed by atoms with Crippen molar-refractivity contribution in [2.24, 2.45) is 5.92 Å². The van der Waals surface area contributed by atoms with Gasteiger partial charge in [0.25, 0.3) is 0 Å². The third-order valence-corrected chi connectivity index (χ3v) is 2.96. The molecule has 0 aromatic carbocycles. The Balaban J connectivity index is 2.50. The number of carbonyl (C=O) groups excluding carboxylic acids is 1. The van der Waals surface area contributed by atoms with Crippen molar-refractivity contribution in [3.63, 3.8) is 0 Å². The normalized spacial score (nSPS) is 22.2. The van der Waals surface area contributed by atoms with Crippen molar-refractivity contribution in [2.75, 3.05) is 0 Å². The summed E-state index contributed by atoms with van der Waals surface area (Å²) in [6.45, 7) is 3.60. The average Bonchev–Trinajstić information content (AvgIpc) is 2.65. The van der Waals surface area contributed by atoms with Gasteiger partial charge in [0, 0.05) is 5.82 Å². The van der Waals surface area contributed by atoms with E-state index in [1.54, 1.807) is 13.8 Å². The molecule has 0 aromatic rings. The molecule has 4 nitrogen and oxygen atoms in total. The Hall–Kier alpha value is -0.995. The molecule has 1 aliphatic heterocycles. The minimum Gasteiger partial charge on any atom is -0.480 e. The highest BCUT2D eigenvalue weighted by Gasteiger charge is 2.29. The monoisotopic (exact) mass is 211 g/mol. The molecule has 0 bridgehead atoms. The van der Waals surface area contributed by atoms with Gasteiger partial charge in [0.2, 0.25) is 5.91 Å². The van der Waals surface area contributed by atoms with Gasteiger partial charge in [-0.1, -0.05) is 26.6 Å². The molecule has 0 radical (unpaired) electrons. The van der Waals surface area contributed by atoms with Gasteiger partial charge < -0.3 is 10.4 Å². The van der Waals surface area contributed by atoms with Crippen molar-refractivity contribution in [1.29, 1.82) is 0 Å². The Morgan fingerprint density at radius 2 is 2.13 bits per heavy atom. The van der Waals surface area contributed by atoms with Gasteiger partial charge in [0.05, 0.1) is 0 Å². The SMILES string of the molecule is CC(C)[C@H](NC(=O)[C@H]1BCCC1)C(=O)O. The topological polar surface area (TPSA) is 66.4 Å². The van der Waals surface area contributed by atoms with Crippen LogP contribution in [0.25, 0.3) is 0 Å². The second-order valence-electron chi connectivity index (χ2n) is 4.55. The molecule has 15 heavy (non-hydrogen) atoms. The molecule has 1 amide bonds. The first-order valence-electron chi connectivity index (χ1n) is 5.55. The van der Waals surface area contributed by atoms with Crippen LogP contribution in [-0.2, 0) is 9.59 Å². The van der Waals surface area contributed by atoms with Gasteiger partial charge in [-0.15, -0.1) is 0 Å². The van der Waals surface area contributed by atoms with E-state index in [2.05, 4.69) is 5.32 Å². The van der Waals surface area contributed by atoms with E-state index in [1.807, 2.05) is 0 Å². The average molecular weight is 211 g/mol. The molecule has 1 rings (SSSR count). The van der Waals surface area contributed by atoms with Gasteiger partial charge in [-0.25, -0.2) is 4.79 Å². The summed E-state index contributed by atoms with van der Waals surface area (Å²) >= 11 is 0. The van der Waals surface area contributed by atoms with E-state index < -0.39 is 12.0 Å². The number of aliphatic carboxylic acids is 1. The summed E-state index contributed by atoms with van der Waals surface area (Å²) < 4.78 is 0. The molecule has 2 atom stereocenters. The summed E-state index contributed by atoms with van der Waals surface area (Å²) in [5.74, 6) is -1.08. The molecule has 0 saturated carbocycles. The van der Waals surface area contributed by atoms with Crippen LogP contribution in [0.5, 0.6) is 0 Å². The Bertz CT molecular complexity index is 249. The van der Waals surface area contributed by atoms with Gasteiger partial charge in [0.15, 0.2) is 0 Å². The van der Waals surface area contributed by atoms with Crippen LogP contribution in [0.2, 0.25) is 12.1 Å². The van der Waals surface area contributed by atoms with E-state index >= 15 is 0 Å². The highest BCUT2D eigenvalue weighted by molar-refractivity contribution is 6.45. The summed E-state index contributed by atoms with van der Waals surface area (Å²) in [5, 5.41) is 11.5. The number of hydrogen-bond acceptors (Lipinski definition) is 2. The van der Waals surface area contributed by atoms with E-state index in [0.29, 0.717) is 0 Å². The van der Waals surface area contributed by atoms with Crippen molar-refractivity contribution >= 4 is 19.2 Å². The van der Waals surface area contributed by atoms with Crippen LogP contribution in [0.1, 0.15) is 26.7 Å². The zero-order valence-corrected chi connectivity index (χ0v) is 9.32. The first-order valence-corrected chi connectivity index (χ1v) is 5.55. The summed E-state index contributed by atoms with van der Waals surface area (Å²) in [5.41, 5.74) is 0. The molecule has 0 aromatic heterocycles. The van der Waals surface area contributed by atoms with Gasteiger partial charge in [-0.2, -0.15) is 0 Å². The molecular formula is C10H18BNO3. The van der Waals surface area contributed by atoms with Crippen LogP contribution in [0.15, 0.2) is 0 Å². The van der Waals surface area contributed by atoms with Crippen molar-refractivity contribution in [3.05, 3.63) is 0 Å². The predicted octanol–water partition coefficient (Wildman–Crippen LogP) is 0.649. The fraction of sp³-hybridized carbons (Fsp3) is 0.800. The number of carbonyl (C=O) groups is 2. The smallest absolute Gasteiger partial charge is 0.326 e. The van der Waals surface area contributed by atoms with Crippen molar-refractivity contribution < 1.29 is 14.7 Å². The molecule has 0 unspecified atom stereocenters. The number of hydrogen-bond donors (Lipinski definition) is 2. The highest BCUT2D eigenvalue weighted by atomic mass is 16.4. The first kappa shape index (κ1) is 12.1. The maximum absolute atomic E-state index is 11.7. The predicted molar refractivity (Wildman–Crippen MR) is 59.3 cm³/mol. The van der Waals surface area contributed by atoms with Crippen molar-refractivity contribution in [3.8, 4) is 0 Å². The van der Waals surface area contributed by atoms with Crippen LogP contribution in [0.4, 0.5) is 0 Å². The summed E-state index contributed by atoms with van der Waals surface area (Å²) in [7, 11) is 0.899. The molecular weight excluding hydrogens is 193 g/mol. The van der Waals surface area contributed by atoms with Crippen LogP contribution < -0.4 is 5.32 Å². The Kier molecular flexibility index (Phi) is 4.18. The van der Waals surface area contributed by atoms with Gasteiger partial charge in [-0.3, -0.25) is 4.79 Å². The molecule has 5 heteroatoms. The minimum atomic E-state index is -0.948. The second kappa shape index (κ2) is 5.19. The van der Waals surface area contributed by atoms with Crippen LogP contribution in [0.3, 0.4) is 0 Å². The van der Waals surface area contributed by atoms with Gasteiger partial charge in [-0.05, 0) is 12.3 Å². The Labute approximate surface area is 90.7 Å². The van der Waals surface area contributed by atoms with Gasteiger partial charge >= 0.3 is 5.97 Å². The molecule has 2 N–H and O–H groups in total. The van der Waals surface area contributed by atoms with E-state index in [-0.39, 0.29) is 17.6 Å². The van der Waals surface area contributed by atoms with Crippen LogP contribution in [-0.4, -0.2) is 30.3 Å². The molecule has 1 heterocycles. The summed E-state index contributed by atoms with van der Waals surface area (Å²) in [6, 6.07) is -0.752. The van der Waals surface area contributed by atoms with Gasteiger partial charge in [0.1, 0.15) is 13.3 Å². The van der Waals surface area contributed by atoms with E-state index in [0.717, 1.165) is 26.4 Å². The lowest BCUT2D eigenvalue weighted by Crippen LogP contribution is -2.45. The lowest BCUT2D eigenvalue weighted by molar-refractivity contribution is -0.143. The third-order valence-electron chi connectivity index (χ3n) is 2.96. The highest BCUT2D eigenvalue weighted by Crippen LogP contribution is 2.24. The number of nitrogens with one attached hydrogen (secondary N) is 1. The fourth-order valence-electron chi connectivity index (χ4n) is 1.97. The quantitative estimate of drug-likeness (QED) is 0.671. The lowest BCUT2D eigenvalue weighted by atomic mass is 9.67. The van der Waals surface area contributed by atoms with Crippen molar-refractivity contribution in [2.45, 2.75) is 44.9 Å². The van der Waals surface area contributed by atoms with Crippen LogP contribution in [0, 0.1) is 5.92 Å².